The minimum absolute atomic E-state index is 0.424. The quantitative estimate of drug-likeness (QED) is 0.347. The molecule has 0 heterocycles. The zero-order chi connectivity index (χ0) is 11.8. The monoisotopic (exact) mass is 221 g/mol. The van der Waals surface area contributed by atoms with Crippen molar-refractivity contribution in [3.8, 4) is 11.5 Å². The Bertz CT molecular complexity index is 375. The van der Waals surface area contributed by atoms with Gasteiger partial charge in [-0.25, -0.2) is 0 Å². The fraction of sp³-hybridized carbons (Fsp3) is 0.250. The molecule has 0 aromatic heterocycles. The van der Waals surface area contributed by atoms with Crippen LogP contribution in [0.15, 0.2) is 36.0 Å². The smallest absolute Gasteiger partial charge is 0.161 e. The molecule has 0 atom stereocenters. The largest absolute Gasteiger partial charge is 0.490 e. The molecule has 4 heteroatoms. The van der Waals surface area contributed by atoms with Crippen molar-refractivity contribution >= 4 is 6.21 Å². The van der Waals surface area contributed by atoms with Gasteiger partial charge in [0.1, 0.15) is 6.61 Å². The second-order valence-electron chi connectivity index (χ2n) is 2.98. The standard InChI is InChI=1S/C12H15NO3/c1-3-7-16-11-6-5-10(9-13-14)8-12(11)15-4-2/h3,5-6,8-9,14H,1,4,7H2,2H3/b13-9-. The molecule has 0 saturated heterocycles. The summed E-state index contributed by atoms with van der Waals surface area (Å²) in [6.07, 6.45) is 3.00. The van der Waals surface area contributed by atoms with Crippen LogP contribution in [0, 0.1) is 0 Å². The zero-order valence-corrected chi connectivity index (χ0v) is 9.22. The van der Waals surface area contributed by atoms with E-state index in [1.165, 1.54) is 6.21 Å². The van der Waals surface area contributed by atoms with Gasteiger partial charge in [0.2, 0.25) is 0 Å². The Morgan fingerprint density at radius 3 is 2.81 bits per heavy atom. The highest BCUT2D eigenvalue weighted by molar-refractivity contribution is 5.80. The first-order chi connectivity index (χ1) is 7.81. The minimum atomic E-state index is 0.424. The van der Waals surface area contributed by atoms with E-state index in [1.807, 2.05) is 6.92 Å². The summed E-state index contributed by atoms with van der Waals surface area (Å²) in [6, 6.07) is 5.30. The van der Waals surface area contributed by atoms with Crippen LogP contribution in [0.1, 0.15) is 12.5 Å². The summed E-state index contributed by atoms with van der Waals surface area (Å²) in [6.45, 7) is 6.44. The second kappa shape index (κ2) is 6.50. The van der Waals surface area contributed by atoms with Gasteiger partial charge in [-0.05, 0) is 25.1 Å². The van der Waals surface area contributed by atoms with Gasteiger partial charge in [-0.1, -0.05) is 17.8 Å². The van der Waals surface area contributed by atoms with Crippen LogP contribution in [0.5, 0.6) is 11.5 Å². The molecule has 1 N–H and O–H groups in total. The topological polar surface area (TPSA) is 51.0 Å². The van der Waals surface area contributed by atoms with Gasteiger partial charge in [0.25, 0.3) is 0 Å². The Morgan fingerprint density at radius 2 is 2.19 bits per heavy atom. The number of benzene rings is 1. The van der Waals surface area contributed by atoms with Gasteiger partial charge in [-0.3, -0.25) is 0 Å². The van der Waals surface area contributed by atoms with Gasteiger partial charge in [-0.15, -0.1) is 0 Å². The van der Waals surface area contributed by atoms with E-state index >= 15 is 0 Å². The highest BCUT2D eigenvalue weighted by Gasteiger charge is 2.04. The van der Waals surface area contributed by atoms with Crippen molar-refractivity contribution in [1.29, 1.82) is 0 Å². The summed E-state index contributed by atoms with van der Waals surface area (Å²) in [5.74, 6) is 1.28. The number of oxime groups is 1. The van der Waals surface area contributed by atoms with Crippen LogP contribution in [-0.2, 0) is 0 Å². The number of hydrogen-bond acceptors (Lipinski definition) is 4. The Balaban J connectivity index is 2.93. The number of rotatable bonds is 6. The second-order valence-corrected chi connectivity index (χ2v) is 2.98. The Kier molecular flexibility index (Phi) is 4.92. The van der Waals surface area contributed by atoms with Gasteiger partial charge < -0.3 is 14.7 Å². The summed E-state index contributed by atoms with van der Waals surface area (Å²) in [4.78, 5) is 0. The third-order valence-electron chi connectivity index (χ3n) is 1.83. The Hall–Kier alpha value is -1.97. The van der Waals surface area contributed by atoms with E-state index in [0.717, 1.165) is 5.56 Å². The van der Waals surface area contributed by atoms with Crippen molar-refractivity contribution in [2.24, 2.45) is 5.16 Å². The number of ether oxygens (including phenoxy) is 2. The van der Waals surface area contributed by atoms with E-state index in [4.69, 9.17) is 14.7 Å². The van der Waals surface area contributed by atoms with E-state index in [2.05, 4.69) is 11.7 Å². The summed E-state index contributed by atoms with van der Waals surface area (Å²) < 4.78 is 10.8. The van der Waals surface area contributed by atoms with Crippen molar-refractivity contribution in [2.45, 2.75) is 6.92 Å². The number of hydrogen-bond donors (Lipinski definition) is 1. The highest BCUT2D eigenvalue weighted by atomic mass is 16.5. The maximum Gasteiger partial charge on any atom is 0.161 e. The van der Waals surface area contributed by atoms with Crippen LogP contribution in [0.2, 0.25) is 0 Å². The van der Waals surface area contributed by atoms with Gasteiger partial charge in [0.15, 0.2) is 11.5 Å². The molecule has 1 rings (SSSR count). The van der Waals surface area contributed by atoms with Gasteiger partial charge in [-0.2, -0.15) is 0 Å². The molecule has 0 bridgehead atoms. The van der Waals surface area contributed by atoms with Crippen molar-refractivity contribution in [3.63, 3.8) is 0 Å². The molecule has 1 aromatic rings. The van der Waals surface area contributed by atoms with Crippen molar-refractivity contribution < 1.29 is 14.7 Å². The van der Waals surface area contributed by atoms with Crippen LogP contribution >= 0.6 is 0 Å². The normalized spacial score (nSPS) is 10.3. The van der Waals surface area contributed by atoms with Crippen LogP contribution in [0.25, 0.3) is 0 Å². The lowest BCUT2D eigenvalue weighted by Crippen LogP contribution is -1.99. The lowest BCUT2D eigenvalue weighted by molar-refractivity contribution is 0.297. The first-order valence-corrected chi connectivity index (χ1v) is 4.99. The van der Waals surface area contributed by atoms with Crippen LogP contribution in [0.4, 0.5) is 0 Å². The predicted molar refractivity (Wildman–Crippen MR) is 62.7 cm³/mol. The Labute approximate surface area is 94.8 Å². The van der Waals surface area contributed by atoms with Crippen LogP contribution < -0.4 is 9.47 Å². The van der Waals surface area contributed by atoms with Crippen molar-refractivity contribution in [1.82, 2.24) is 0 Å². The Morgan fingerprint density at radius 1 is 1.38 bits per heavy atom. The SMILES string of the molecule is C=CCOc1ccc(/C=N\O)cc1OCC. The molecule has 86 valence electrons. The van der Waals surface area contributed by atoms with Crippen LogP contribution in [0.3, 0.4) is 0 Å². The molecule has 0 aliphatic carbocycles. The molecule has 0 aliphatic heterocycles. The van der Waals surface area contributed by atoms with Crippen LogP contribution in [-0.4, -0.2) is 24.6 Å². The van der Waals surface area contributed by atoms with E-state index in [1.54, 1.807) is 24.3 Å². The molecule has 0 radical (unpaired) electrons. The summed E-state index contributed by atoms with van der Waals surface area (Å²) in [5, 5.41) is 11.4. The highest BCUT2D eigenvalue weighted by Crippen LogP contribution is 2.27. The average Bonchev–Trinajstić information content (AvgIpc) is 2.29. The van der Waals surface area contributed by atoms with Crippen molar-refractivity contribution in [2.75, 3.05) is 13.2 Å². The van der Waals surface area contributed by atoms with Gasteiger partial charge in [0, 0.05) is 5.56 Å². The van der Waals surface area contributed by atoms with E-state index in [0.29, 0.717) is 24.7 Å². The molecule has 0 fully saturated rings. The first kappa shape index (κ1) is 12.1. The van der Waals surface area contributed by atoms with E-state index < -0.39 is 0 Å². The third-order valence-corrected chi connectivity index (χ3v) is 1.83. The maximum absolute atomic E-state index is 8.44. The average molecular weight is 221 g/mol. The fourth-order valence-electron chi connectivity index (χ4n) is 1.21. The van der Waals surface area contributed by atoms with E-state index in [-0.39, 0.29) is 0 Å². The summed E-state index contributed by atoms with van der Waals surface area (Å²) >= 11 is 0. The van der Waals surface area contributed by atoms with Crippen molar-refractivity contribution in [3.05, 3.63) is 36.4 Å². The molecular formula is C12H15NO3. The van der Waals surface area contributed by atoms with Gasteiger partial charge in [0.05, 0.1) is 12.8 Å². The molecule has 1 aromatic carbocycles. The zero-order valence-electron chi connectivity index (χ0n) is 9.22. The molecule has 0 spiro atoms. The molecular weight excluding hydrogens is 206 g/mol. The fourth-order valence-corrected chi connectivity index (χ4v) is 1.21. The first-order valence-electron chi connectivity index (χ1n) is 4.99. The maximum atomic E-state index is 8.44. The summed E-state index contributed by atoms with van der Waals surface area (Å²) in [5.41, 5.74) is 0.747. The van der Waals surface area contributed by atoms with Gasteiger partial charge >= 0.3 is 0 Å². The molecule has 0 aliphatic rings. The molecule has 4 nitrogen and oxygen atoms in total. The molecule has 0 saturated carbocycles. The molecule has 0 amide bonds. The molecule has 0 unspecified atom stereocenters. The number of nitrogens with zero attached hydrogens (tertiary/aromatic N) is 1. The lowest BCUT2D eigenvalue weighted by Gasteiger charge is -2.11. The predicted octanol–water partition coefficient (Wildman–Crippen LogP) is 2.46. The lowest BCUT2D eigenvalue weighted by atomic mass is 10.2. The summed E-state index contributed by atoms with van der Waals surface area (Å²) in [7, 11) is 0. The minimum Gasteiger partial charge on any atom is -0.490 e. The molecule has 16 heavy (non-hydrogen) atoms. The third kappa shape index (κ3) is 3.31. The van der Waals surface area contributed by atoms with E-state index in [9.17, 15) is 0 Å².